The van der Waals surface area contributed by atoms with Crippen molar-refractivity contribution in [3.63, 3.8) is 0 Å². The molecular formula is C21H20F3N3O2. The van der Waals surface area contributed by atoms with E-state index >= 15 is 0 Å². The second-order valence-electron chi connectivity index (χ2n) is 6.59. The number of benzene rings is 1. The van der Waals surface area contributed by atoms with Gasteiger partial charge in [0.2, 0.25) is 5.88 Å². The van der Waals surface area contributed by atoms with Crippen molar-refractivity contribution in [1.29, 1.82) is 0 Å². The molecule has 0 saturated heterocycles. The normalized spacial score (nSPS) is 12.6. The monoisotopic (exact) mass is 403 g/mol. The fourth-order valence-corrected chi connectivity index (χ4v) is 2.76. The van der Waals surface area contributed by atoms with Crippen LogP contribution in [-0.2, 0) is 6.42 Å². The number of carbonyl (C=O) groups is 1. The molecule has 0 radical (unpaired) electrons. The van der Waals surface area contributed by atoms with Gasteiger partial charge in [0.1, 0.15) is 0 Å². The van der Waals surface area contributed by atoms with Crippen LogP contribution in [0.15, 0.2) is 48.7 Å². The molecule has 1 aromatic carbocycles. The second-order valence-corrected chi connectivity index (χ2v) is 6.59. The number of rotatable bonds is 6. The summed E-state index contributed by atoms with van der Waals surface area (Å²) in [7, 11) is 0. The SMILES string of the molecule is CCc1ccc2cc(C(=O)NC(C)c3ccc(OCC(F)(F)F)nc3)ccc2n1. The highest BCUT2D eigenvalue weighted by molar-refractivity contribution is 5.98. The molecule has 1 amide bonds. The molecule has 0 spiro atoms. The highest BCUT2D eigenvalue weighted by atomic mass is 19.4. The summed E-state index contributed by atoms with van der Waals surface area (Å²) < 4.78 is 41.1. The molecule has 152 valence electrons. The Labute approximate surface area is 165 Å². The van der Waals surface area contributed by atoms with Crippen molar-refractivity contribution < 1.29 is 22.7 Å². The van der Waals surface area contributed by atoms with Crippen LogP contribution in [0.1, 0.15) is 41.5 Å². The van der Waals surface area contributed by atoms with Gasteiger partial charge in [0.15, 0.2) is 6.61 Å². The minimum absolute atomic E-state index is 0.127. The van der Waals surface area contributed by atoms with E-state index in [4.69, 9.17) is 0 Å². The first-order valence-corrected chi connectivity index (χ1v) is 9.11. The van der Waals surface area contributed by atoms with Crippen LogP contribution in [0.3, 0.4) is 0 Å². The average molecular weight is 403 g/mol. The van der Waals surface area contributed by atoms with Crippen LogP contribution in [0.5, 0.6) is 5.88 Å². The van der Waals surface area contributed by atoms with Crippen LogP contribution >= 0.6 is 0 Å². The second kappa shape index (κ2) is 8.46. The van der Waals surface area contributed by atoms with Gasteiger partial charge in [0.05, 0.1) is 11.6 Å². The largest absolute Gasteiger partial charge is 0.468 e. The Morgan fingerprint density at radius 1 is 1.17 bits per heavy atom. The van der Waals surface area contributed by atoms with E-state index in [-0.39, 0.29) is 17.8 Å². The van der Waals surface area contributed by atoms with Gasteiger partial charge < -0.3 is 10.1 Å². The van der Waals surface area contributed by atoms with Gasteiger partial charge in [-0.1, -0.05) is 19.1 Å². The minimum Gasteiger partial charge on any atom is -0.468 e. The van der Waals surface area contributed by atoms with E-state index in [2.05, 4.69) is 20.0 Å². The van der Waals surface area contributed by atoms with Gasteiger partial charge in [0.25, 0.3) is 5.91 Å². The maximum absolute atomic E-state index is 12.6. The molecule has 1 N–H and O–H groups in total. The first kappa shape index (κ1) is 20.6. The fraction of sp³-hybridized carbons (Fsp3) is 0.286. The summed E-state index contributed by atoms with van der Waals surface area (Å²) in [6.07, 6.45) is -2.20. The molecule has 8 heteroatoms. The number of pyridine rings is 2. The maximum Gasteiger partial charge on any atom is 0.422 e. The number of aryl methyl sites for hydroxylation is 1. The van der Waals surface area contributed by atoms with Gasteiger partial charge >= 0.3 is 6.18 Å². The lowest BCUT2D eigenvalue weighted by atomic mass is 10.1. The minimum atomic E-state index is -4.42. The van der Waals surface area contributed by atoms with Crippen molar-refractivity contribution >= 4 is 16.8 Å². The van der Waals surface area contributed by atoms with Crippen LogP contribution in [-0.4, -0.2) is 28.7 Å². The van der Waals surface area contributed by atoms with Crippen LogP contribution in [0, 0.1) is 0 Å². The van der Waals surface area contributed by atoms with Gasteiger partial charge in [-0.2, -0.15) is 13.2 Å². The molecule has 3 aromatic rings. The number of alkyl halides is 3. The lowest BCUT2D eigenvalue weighted by Gasteiger charge is -2.15. The molecule has 2 aromatic heterocycles. The molecule has 5 nitrogen and oxygen atoms in total. The zero-order chi connectivity index (χ0) is 21.0. The molecule has 0 aliphatic carbocycles. The number of aromatic nitrogens is 2. The summed E-state index contributed by atoms with van der Waals surface area (Å²) in [4.78, 5) is 21.0. The lowest BCUT2D eigenvalue weighted by Crippen LogP contribution is -2.26. The molecule has 29 heavy (non-hydrogen) atoms. The Kier molecular flexibility index (Phi) is 6.00. The highest BCUT2D eigenvalue weighted by Crippen LogP contribution is 2.20. The van der Waals surface area contributed by atoms with Crippen molar-refractivity contribution in [3.8, 4) is 5.88 Å². The van der Waals surface area contributed by atoms with E-state index in [0.717, 1.165) is 23.0 Å². The van der Waals surface area contributed by atoms with Gasteiger partial charge in [-0.15, -0.1) is 0 Å². The Hall–Kier alpha value is -3.16. The van der Waals surface area contributed by atoms with Crippen LogP contribution in [0.2, 0.25) is 0 Å². The van der Waals surface area contributed by atoms with Gasteiger partial charge in [-0.3, -0.25) is 9.78 Å². The smallest absolute Gasteiger partial charge is 0.422 e. The van der Waals surface area contributed by atoms with Crippen molar-refractivity contribution in [2.75, 3.05) is 6.61 Å². The quantitative estimate of drug-likeness (QED) is 0.652. The third-order valence-corrected chi connectivity index (χ3v) is 4.36. The zero-order valence-corrected chi connectivity index (χ0v) is 16.0. The Balaban J connectivity index is 1.66. The van der Waals surface area contributed by atoms with Crippen molar-refractivity contribution in [2.45, 2.75) is 32.5 Å². The van der Waals surface area contributed by atoms with Gasteiger partial charge in [-0.05, 0) is 43.2 Å². The summed E-state index contributed by atoms with van der Waals surface area (Å²) in [6.45, 7) is 2.39. The molecule has 1 unspecified atom stereocenters. The molecule has 3 rings (SSSR count). The lowest BCUT2D eigenvalue weighted by molar-refractivity contribution is -0.154. The predicted molar refractivity (Wildman–Crippen MR) is 103 cm³/mol. The van der Waals surface area contributed by atoms with E-state index in [1.165, 1.54) is 12.3 Å². The van der Waals surface area contributed by atoms with Gasteiger partial charge in [-0.25, -0.2) is 4.98 Å². The fourth-order valence-electron chi connectivity index (χ4n) is 2.76. The summed E-state index contributed by atoms with van der Waals surface area (Å²) in [5.41, 5.74) is 2.95. The molecule has 0 bridgehead atoms. The number of halogens is 3. The number of nitrogens with zero attached hydrogens (tertiary/aromatic N) is 2. The summed E-state index contributed by atoms with van der Waals surface area (Å²) in [6, 6.07) is 11.7. The van der Waals surface area contributed by atoms with E-state index in [1.807, 2.05) is 25.1 Å². The molecular weight excluding hydrogens is 383 g/mol. The van der Waals surface area contributed by atoms with E-state index in [9.17, 15) is 18.0 Å². The Morgan fingerprint density at radius 2 is 1.97 bits per heavy atom. The molecule has 2 heterocycles. The Morgan fingerprint density at radius 3 is 2.62 bits per heavy atom. The van der Waals surface area contributed by atoms with Crippen LogP contribution in [0.25, 0.3) is 10.9 Å². The predicted octanol–water partition coefficient (Wildman–Crippen LogP) is 4.62. The third-order valence-electron chi connectivity index (χ3n) is 4.36. The summed E-state index contributed by atoms with van der Waals surface area (Å²) >= 11 is 0. The number of fused-ring (bicyclic) bond motifs is 1. The molecule has 0 aliphatic heterocycles. The first-order valence-electron chi connectivity index (χ1n) is 9.11. The standard InChI is InChI=1S/C21H20F3N3O2/c1-3-17-7-4-14-10-15(5-8-18(14)27-17)20(28)26-13(2)16-6-9-19(25-11-16)29-12-21(22,23)24/h4-11,13H,3,12H2,1-2H3,(H,26,28). The van der Waals surface area contributed by atoms with Crippen molar-refractivity contribution in [2.24, 2.45) is 0 Å². The molecule has 0 fully saturated rings. The van der Waals surface area contributed by atoms with Crippen LogP contribution in [0.4, 0.5) is 13.2 Å². The van der Waals surface area contributed by atoms with Crippen LogP contribution < -0.4 is 10.1 Å². The summed E-state index contributed by atoms with van der Waals surface area (Å²) in [5, 5.41) is 3.73. The van der Waals surface area contributed by atoms with Crippen molar-refractivity contribution in [1.82, 2.24) is 15.3 Å². The average Bonchev–Trinajstić information content (AvgIpc) is 2.71. The third kappa shape index (κ3) is 5.43. The van der Waals surface area contributed by atoms with Gasteiger partial charge in [0, 0.05) is 28.9 Å². The Bertz CT molecular complexity index is 1000. The van der Waals surface area contributed by atoms with E-state index in [0.29, 0.717) is 11.1 Å². The number of nitrogens with one attached hydrogen (secondary N) is 1. The number of amides is 1. The summed E-state index contributed by atoms with van der Waals surface area (Å²) in [5.74, 6) is -0.394. The molecule has 1 atom stereocenters. The maximum atomic E-state index is 12.6. The number of ether oxygens (including phenoxy) is 1. The number of hydrogen-bond donors (Lipinski definition) is 1. The molecule has 0 aliphatic rings. The zero-order valence-electron chi connectivity index (χ0n) is 16.0. The first-order chi connectivity index (χ1) is 13.7. The van der Waals surface area contributed by atoms with Crippen molar-refractivity contribution in [3.05, 3.63) is 65.5 Å². The molecule has 0 saturated carbocycles. The number of hydrogen-bond acceptors (Lipinski definition) is 4. The van der Waals surface area contributed by atoms with E-state index in [1.54, 1.807) is 25.1 Å². The van der Waals surface area contributed by atoms with E-state index < -0.39 is 12.8 Å². The highest BCUT2D eigenvalue weighted by Gasteiger charge is 2.28. The number of carbonyl (C=O) groups excluding carboxylic acids is 1. The topological polar surface area (TPSA) is 64.1 Å².